The van der Waals surface area contributed by atoms with Crippen LogP contribution in [0.3, 0.4) is 0 Å². The Morgan fingerprint density at radius 1 is 1.24 bits per heavy atom. The molecule has 1 aliphatic rings. The van der Waals surface area contributed by atoms with Crippen molar-refractivity contribution in [1.29, 1.82) is 0 Å². The summed E-state index contributed by atoms with van der Waals surface area (Å²) in [7, 11) is 0. The number of carbonyl (C=O) groups is 2. The van der Waals surface area contributed by atoms with Crippen molar-refractivity contribution in [3.05, 3.63) is 35.0 Å². The van der Waals surface area contributed by atoms with E-state index in [1.807, 2.05) is 74.4 Å². The lowest BCUT2D eigenvalue weighted by Gasteiger charge is -2.32. The molecule has 1 saturated heterocycles. The van der Waals surface area contributed by atoms with Crippen LogP contribution in [0.15, 0.2) is 23.7 Å². The number of hydrogen-bond acceptors (Lipinski definition) is 5. The topological polar surface area (TPSA) is 82.5 Å². The Kier molecular flexibility index (Phi) is 11.7. The summed E-state index contributed by atoms with van der Waals surface area (Å²) in [6.07, 6.45) is 1.50. The maximum atomic E-state index is 12.9. The summed E-state index contributed by atoms with van der Waals surface area (Å²) >= 11 is 1.53. The van der Waals surface area contributed by atoms with Crippen LogP contribution in [-0.2, 0) is 16.1 Å². The molecular weight excluding hydrogens is 446 g/mol. The highest BCUT2D eigenvalue weighted by Crippen LogP contribution is 2.32. The van der Waals surface area contributed by atoms with E-state index in [0.717, 1.165) is 22.6 Å². The minimum absolute atomic E-state index is 0.0345. The second kappa shape index (κ2) is 13.5. The van der Waals surface area contributed by atoms with E-state index in [4.69, 9.17) is 0 Å². The number of carbonyl (C=O) groups excluding carboxylic acids is 2. The highest BCUT2D eigenvalue weighted by Gasteiger charge is 2.38. The van der Waals surface area contributed by atoms with Crippen LogP contribution in [0, 0.1) is 18.3 Å². The number of aromatic nitrogens is 1. The second-order valence-corrected chi connectivity index (χ2v) is 9.96. The number of phenols is 1. The lowest BCUT2D eigenvalue weighted by atomic mass is 9.81. The number of nitrogens with zero attached hydrogens (tertiary/aromatic N) is 2. The lowest BCUT2D eigenvalue weighted by Crippen LogP contribution is -2.49. The third kappa shape index (κ3) is 7.29. The summed E-state index contributed by atoms with van der Waals surface area (Å²) in [5.41, 5.74) is 4.12. The Morgan fingerprint density at radius 3 is 2.41 bits per heavy atom. The summed E-state index contributed by atoms with van der Waals surface area (Å²) in [6.45, 7) is 18.8. The molecule has 3 rings (SSSR count). The first-order valence-electron chi connectivity index (χ1n) is 12.4. The Balaban J connectivity index is 0.00000137. The average Bonchev–Trinajstić information content (AvgIpc) is 3.48. The number of aryl methyl sites for hydroxylation is 1. The molecule has 7 heteroatoms. The number of amides is 2. The number of phenolic OH excluding ortho intramolecular Hbond substituents is 1. The van der Waals surface area contributed by atoms with Crippen molar-refractivity contribution in [2.75, 3.05) is 6.54 Å². The fourth-order valence-electron chi connectivity index (χ4n) is 3.66. The van der Waals surface area contributed by atoms with Crippen molar-refractivity contribution < 1.29 is 14.7 Å². The molecule has 2 amide bonds. The maximum absolute atomic E-state index is 12.9. The van der Waals surface area contributed by atoms with Gasteiger partial charge in [0.2, 0.25) is 11.8 Å². The van der Waals surface area contributed by atoms with Gasteiger partial charge in [-0.15, -0.1) is 11.3 Å². The van der Waals surface area contributed by atoms with Gasteiger partial charge >= 0.3 is 0 Å². The molecule has 2 aromatic rings. The highest BCUT2D eigenvalue weighted by molar-refractivity contribution is 7.13. The molecule has 0 saturated carbocycles. The van der Waals surface area contributed by atoms with Gasteiger partial charge in [-0.25, -0.2) is 4.98 Å². The maximum Gasteiger partial charge on any atom is 0.243 e. The Morgan fingerprint density at radius 2 is 1.88 bits per heavy atom. The summed E-state index contributed by atoms with van der Waals surface area (Å²) in [5.74, 6) is -0.144. The van der Waals surface area contributed by atoms with Gasteiger partial charge in [-0.05, 0) is 36.8 Å². The van der Waals surface area contributed by atoms with Crippen LogP contribution in [0.4, 0.5) is 0 Å². The van der Waals surface area contributed by atoms with Gasteiger partial charge in [0.1, 0.15) is 11.8 Å². The van der Waals surface area contributed by atoms with Crippen LogP contribution >= 0.6 is 11.3 Å². The lowest BCUT2D eigenvalue weighted by molar-refractivity contribution is -0.143. The third-order valence-electron chi connectivity index (χ3n) is 6.05. The third-order valence-corrected chi connectivity index (χ3v) is 7.03. The zero-order chi connectivity index (χ0) is 26.1. The molecule has 1 fully saturated rings. The molecule has 34 heavy (non-hydrogen) atoms. The van der Waals surface area contributed by atoms with Crippen LogP contribution in [-0.4, -0.2) is 39.4 Å². The molecule has 2 atom stereocenters. The summed E-state index contributed by atoms with van der Waals surface area (Å²) in [4.78, 5) is 32.7. The number of hydrogen-bond donors (Lipinski definition) is 2. The van der Waals surface area contributed by atoms with E-state index in [1.54, 1.807) is 16.5 Å². The minimum atomic E-state index is -0.441. The van der Waals surface area contributed by atoms with Crippen LogP contribution < -0.4 is 5.32 Å². The van der Waals surface area contributed by atoms with Crippen LogP contribution in [0.5, 0.6) is 5.75 Å². The fourth-order valence-corrected chi connectivity index (χ4v) is 4.46. The summed E-state index contributed by atoms with van der Waals surface area (Å²) in [6, 6.07) is 5.02. The SMILES string of the molecule is CC.CC.Cc1ncsc1-c1ccc(CNC(=O)C2CCCN2C(=O)C(C)C(C)(C)C)c(O)c1. The summed E-state index contributed by atoms with van der Waals surface area (Å²) in [5, 5.41) is 13.3. The van der Waals surface area contributed by atoms with Crippen molar-refractivity contribution in [2.45, 2.75) is 87.7 Å². The normalized spacial score (nSPS) is 16.0. The Hall–Kier alpha value is -2.41. The van der Waals surface area contributed by atoms with E-state index < -0.39 is 6.04 Å². The minimum Gasteiger partial charge on any atom is -0.508 e. The Bertz CT molecular complexity index is 933. The van der Waals surface area contributed by atoms with Gasteiger partial charge in [-0.1, -0.05) is 67.5 Å². The number of benzene rings is 1. The largest absolute Gasteiger partial charge is 0.508 e. The summed E-state index contributed by atoms with van der Waals surface area (Å²) < 4.78 is 0. The Labute approximate surface area is 209 Å². The van der Waals surface area contributed by atoms with Gasteiger partial charge in [0.25, 0.3) is 0 Å². The quantitative estimate of drug-likeness (QED) is 0.526. The van der Waals surface area contributed by atoms with E-state index in [1.165, 1.54) is 11.3 Å². The van der Waals surface area contributed by atoms with E-state index in [2.05, 4.69) is 10.3 Å². The number of likely N-dealkylation sites (tertiary alicyclic amines) is 1. The number of nitrogens with one attached hydrogen (secondary N) is 1. The standard InChI is InChI=1S/C23H31N3O3S.2C2H6/c1-14(23(3,4)5)22(29)26-10-6-7-18(26)21(28)24-12-17-9-8-16(11-19(17)27)20-15(2)25-13-30-20;2*1-2/h8-9,11,13-14,18,27H,6-7,10,12H2,1-5H3,(H,24,28);2*1-2H3. The van der Waals surface area contributed by atoms with E-state index in [0.29, 0.717) is 18.5 Å². The van der Waals surface area contributed by atoms with Gasteiger partial charge < -0.3 is 15.3 Å². The number of rotatable bonds is 5. The monoisotopic (exact) mass is 489 g/mol. The first-order chi connectivity index (χ1) is 16.1. The second-order valence-electron chi connectivity index (χ2n) is 9.11. The van der Waals surface area contributed by atoms with Crippen molar-refractivity contribution in [1.82, 2.24) is 15.2 Å². The zero-order valence-electron chi connectivity index (χ0n) is 22.4. The molecule has 0 spiro atoms. The molecule has 2 heterocycles. The molecule has 6 nitrogen and oxygen atoms in total. The molecule has 0 bridgehead atoms. The van der Waals surface area contributed by atoms with E-state index >= 15 is 0 Å². The van der Waals surface area contributed by atoms with Crippen molar-refractivity contribution in [3.63, 3.8) is 0 Å². The number of aromatic hydroxyl groups is 1. The van der Waals surface area contributed by atoms with E-state index in [-0.39, 0.29) is 35.4 Å². The van der Waals surface area contributed by atoms with E-state index in [9.17, 15) is 14.7 Å². The number of thiazole rings is 1. The molecule has 1 aromatic heterocycles. The predicted molar refractivity (Wildman–Crippen MR) is 142 cm³/mol. The first-order valence-corrected chi connectivity index (χ1v) is 13.3. The van der Waals surface area contributed by atoms with Gasteiger partial charge in [-0.2, -0.15) is 0 Å². The molecule has 0 aliphatic carbocycles. The van der Waals surface area contributed by atoms with Crippen LogP contribution in [0.25, 0.3) is 10.4 Å². The molecule has 0 radical (unpaired) electrons. The molecule has 2 unspecified atom stereocenters. The van der Waals surface area contributed by atoms with Crippen LogP contribution in [0.1, 0.15) is 79.5 Å². The predicted octanol–water partition coefficient (Wildman–Crippen LogP) is 6.17. The smallest absolute Gasteiger partial charge is 0.243 e. The van der Waals surface area contributed by atoms with Crippen molar-refractivity contribution in [3.8, 4) is 16.2 Å². The van der Waals surface area contributed by atoms with Gasteiger partial charge in [0.15, 0.2) is 0 Å². The van der Waals surface area contributed by atoms with Gasteiger partial charge in [0.05, 0.1) is 16.1 Å². The molecule has 190 valence electrons. The highest BCUT2D eigenvalue weighted by atomic mass is 32.1. The van der Waals surface area contributed by atoms with Crippen molar-refractivity contribution in [2.24, 2.45) is 11.3 Å². The molecular formula is C27H43N3O3S. The van der Waals surface area contributed by atoms with Crippen molar-refractivity contribution >= 4 is 23.2 Å². The zero-order valence-corrected chi connectivity index (χ0v) is 23.2. The first kappa shape index (κ1) is 29.6. The molecule has 2 N–H and O–H groups in total. The molecule has 1 aromatic carbocycles. The van der Waals surface area contributed by atoms with Gasteiger partial charge in [-0.3, -0.25) is 9.59 Å². The molecule has 1 aliphatic heterocycles. The van der Waals surface area contributed by atoms with Crippen LogP contribution in [0.2, 0.25) is 0 Å². The average molecular weight is 490 g/mol. The van der Waals surface area contributed by atoms with Gasteiger partial charge in [0, 0.05) is 24.6 Å². The fraction of sp³-hybridized carbons (Fsp3) is 0.593.